The minimum absolute atomic E-state index is 0. The smallest absolute Gasteiger partial charge is 0.226 e. The average molecular weight is 559 g/mol. The normalized spacial score (nSPS) is 16.4. The highest BCUT2D eigenvalue weighted by Gasteiger charge is 2.22. The molecule has 1 aliphatic rings. The SMILES string of the molecule is CN=C(NCc1coc(-c2ccc(C)cc2)n1)NCC1CCN(CCc2ccccc2)C1.I. The molecule has 1 unspecified atom stereocenters. The standard InChI is InChI=1S/C26H33N5O.HI/c1-20-8-10-23(11-9-20)25-30-24(19-32-25)17-29-26(27-2)28-16-22-13-15-31(18-22)14-12-21-6-4-3-5-7-21;/h3-11,19,22H,12-18H2,1-2H3,(H2,27,28,29);1H. The zero-order chi connectivity index (χ0) is 22.2. The molecule has 4 rings (SSSR count). The summed E-state index contributed by atoms with van der Waals surface area (Å²) in [6.07, 6.45) is 4.05. The first kappa shape index (κ1) is 25.2. The molecule has 0 bridgehead atoms. The molecule has 6 nitrogen and oxygen atoms in total. The van der Waals surface area contributed by atoms with Crippen molar-refractivity contribution in [2.45, 2.75) is 26.3 Å². The summed E-state index contributed by atoms with van der Waals surface area (Å²) in [6.45, 7) is 7.01. The van der Waals surface area contributed by atoms with E-state index < -0.39 is 0 Å². The lowest BCUT2D eigenvalue weighted by atomic mass is 10.1. The molecule has 2 aromatic carbocycles. The molecule has 0 radical (unpaired) electrons. The Morgan fingerprint density at radius 3 is 2.67 bits per heavy atom. The van der Waals surface area contributed by atoms with Crippen LogP contribution in [0.5, 0.6) is 0 Å². The van der Waals surface area contributed by atoms with Gasteiger partial charge in [0.05, 0.1) is 12.2 Å². The van der Waals surface area contributed by atoms with Gasteiger partial charge in [-0.1, -0.05) is 48.0 Å². The highest BCUT2D eigenvalue weighted by Crippen LogP contribution is 2.19. The van der Waals surface area contributed by atoms with Gasteiger partial charge >= 0.3 is 0 Å². The summed E-state index contributed by atoms with van der Waals surface area (Å²) < 4.78 is 5.65. The van der Waals surface area contributed by atoms with Crippen LogP contribution in [0.25, 0.3) is 11.5 Å². The van der Waals surface area contributed by atoms with Gasteiger partial charge in [-0.05, 0) is 49.9 Å². The van der Waals surface area contributed by atoms with Crippen LogP contribution in [-0.4, -0.2) is 49.1 Å². The third-order valence-electron chi connectivity index (χ3n) is 6.00. The minimum atomic E-state index is 0. The third-order valence-corrected chi connectivity index (χ3v) is 6.00. The molecule has 1 fully saturated rings. The second-order valence-electron chi connectivity index (χ2n) is 8.51. The Labute approximate surface area is 213 Å². The topological polar surface area (TPSA) is 65.7 Å². The van der Waals surface area contributed by atoms with Gasteiger partial charge in [0, 0.05) is 32.2 Å². The van der Waals surface area contributed by atoms with Gasteiger partial charge in [-0.25, -0.2) is 4.98 Å². The largest absolute Gasteiger partial charge is 0.444 e. The van der Waals surface area contributed by atoms with Gasteiger partial charge in [0.1, 0.15) is 6.26 Å². The number of halogens is 1. The number of hydrogen-bond acceptors (Lipinski definition) is 4. The molecule has 3 aromatic rings. The molecule has 0 aliphatic carbocycles. The van der Waals surface area contributed by atoms with Gasteiger partial charge < -0.3 is 20.0 Å². The van der Waals surface area contributed by atoms with Crippen LogP contribution in [-0.2, 0) is 13.0 Å². The van der Waals surface area contributed by atoms with Crippen molar-refractivity contribution in [3.05, 3.63) is 77.7 Å². The molecule has 0 spiro atoms. The predicted molar refractivity (Wildman–Crippen MR) is 145 cm³/mol. The number of oxazole rings is 1. The number of nitrogens with one attached hydrogen (secondary N) is 2. The van der Waals surface area contributed by atoms with Crippen LogP contribution >= 0.6 is 24.0 Å². The molecular weight excluding hydrogens is 525 g/mol. The minimum Gasteiger partial charge on any atom is -0.444 e. The van der Waals surface area contributed by atoms with Gasteiger partial charge in [0.2, 0.25) is 5.89 Å². The average Bonchev–Trinajstić information content (AvgIpc) is 3.49. The number of aromatic nitrogens is 1. The Kier molecular flexibility index (Phi) is 9.75. The fourth-order valence-corrected chi connectivity index (χ4v) is 4.07. The fraction of sp³-hybridized carbons (Fsp3) is 0.385. The number of benzene rings is 2. The number of aryl methyl sites for hydroxylation is 1. The molecule has 1 aromatic heterocycles. The van der Waals surface area contributed by atoms with Crippen molar-refractivity contribution < 1.29 is 4.42 Å². The van der Waals surface area contributed by atoms with E-state index in [1.807, 2.05) is 12.1 Å². The van der Waals surface area contributed by atoms with Crippen LogP contribution in [0, 0.1) is 12.8 Å². The summed E-state index contributed by atoms with van der Waals surface area (Å²) in [7, 11) is 1.80. The summed E-state index contributed by atoms with van der Waals surface area (Å²) in [4.78, 5) is 11.5. The quantitative estimate of drug-likeness (QED) is 0.242. The molecule has 0 amide bonds. The van der Waals surface area contributed by atoms with Gasteiger partial charge in [-0.15, -0.1) is 24.0 Å². The summed E-state index contributed by atoms with van der Waals surface area (Å²) in [5, 5.41) is 6.82. The van der Waals surface area contributed by atoms with Crippen LogP contribution in [0.15, 0.2) is 70.3 Å². The second-order valence-corrected chi connectivity index (χ2v) is 8.51. The molecule has 1 aliphatic heterocycles. The van der Waals surface area contributed by atoms with E-state index in [4.69, 9.17) is 4.42 Å². The first-order valence-corrected chi connectivity index (χ1v) is 11.4. The number of aliphatic imine (C=N–C) groups is 1. The highest BCUT2D eigenvalue weighted by atomic mass is 127. The monoisotopic (exact) mass is 559 g/mol. The van der Waals surface area contributed by atoms with Crippen molar-refractivity contribution in [1.82, 2.24) is 20.5 Å². The van der Waals surface area contributed by atoms with Crippen molar-refractivity contribution >= 4 is 29.9 Å². The Bertz CT molecular complexity index is 1000. The van der Waals surface area contributed by atoms with Gasteiger partial charge in [-0.2, -0.15) is 0 Å². The lowest BCUT2D eigenvalue weighted by molar-refractivity contribution is 0.328. The van der Waals surface area contributed by atoms with Crippen molar-refractivity contribution in [2.24, 2.45) is 10.9 Å². The Hall–Kier alpha value is -2.39. The number of rotatable bonds is 8. The Morgan fingerprint density at radius 2 is 1.91 bits per heavy atom. The summed E-state index contributed by atoms with van der Waals surface area (Å²) in [5.41, 5.74) is 4.48. The summed E-state index contributed by atoms with van der Waals surface area (Å²) in [6, 6.07) is 18.9. The van der Waals surface area contributed by atoms with E-state index in [9.17, 15) is 0 Å². The lowest BCUT2D eigenvalue weighted by Crippen LogP contribution is -2.40. The first-order chi connectivity index (χ1) is 15.7. The molecule has 176 valence electrons. The van der Waals surface area contributed by atoms with E-state index in [1.165, 1.54) is 24.1 Å². The van der Waals surface area contributed by atoms with E-state index in [0.29, 0.717) is 18.4 Å². The van der Waals surface area contributed by atoms with Crippen LogP contribution < -0.4 is 10.6 Å². The van der Waals surface area contributed by atoms with Crippen molar-refractivity contribution in [3.63, 3.8) is 0 Å². The number of guanidine groups is 1. The van der Waals surface area contributed by atoms with Crippen molar-refractivity contribution in [2.75, 3.05) is 33.2 Å². The molecule has 2 heterocycles. The lowest BCUT2D eigenvalue weighted by Gasteiger charge is -2.17. The highest BCUT2D eigenvalue weighted by molar-refractivity contribution is 14.0. The van der Waals surface area contributed by atoms with Crippen LogP contribution in [0.3, 0.4) is 0 Å². The zero-order valence-electron chi connectivity index (χ0n) is 19.5. The van der Waals surface area contributed by atoms with Crippen LogP contribution in [0.2, 0.25) is 0 Å². The summed E-state index contributed by atoms with van der Waals surface area (Å²) >= 11 is 0. The molecule has 2 N–H and O–H groups in total. The van der Waals surface area contributed by atoms with Crippen molar-refractivity contribution in [1.29, 1.82) is 0 Å². The maximum absolute atomic E-state index is 5.65. The van der Waals surface area contributed by atoms with E-state index in [-0.39, 0.29) is 24.0 Å². The maximum Gasteiger partial charge on any atom is 0.226 e. The van der Waals surface area contributed by atoms with Crippen molar-refractivity contribution in [3.8, 4) is 11.5 Å². The Balaban J connectivity index is 0.00000306. The van der Waals surface area contributed by atoms with Gasteiger partial charge in [0.15, 0.2) is 5.96 Å². The van der Waals surface area contributed by atoms with E-state index >= 15 is 0 Å². The van der Waals surface area contributed by atoms with Crippen LogP contribution in [0.4, 0.5) is 0 Å². The Morgan fingerprint density at radius 1 is 1.12 bits per heavy atom. The van der Waals surface area contributed by atoms with E-state index in [2.05, 4.69) is 74.9 Å². The van der Waals surface area contributed by atoms with Gasteiger partial charge in [0.25, 0.3) is 0 Å². The van der Waals surface area contributed by atoms with Gasteiger partial charge in [-0.3, -0.25) is 4.99 Å². The fourth-order valence-electron chi connectivity index (χ4n) is 4.07. The zero-order valence-corrected chi connectivity index (χ0v) is 21.8. The molecule has 1 atom stereocenters. The third kappa shape index (κ3) is 7.57. The van der Waals surface area contributed by atoms with Crippen LogP contribution in [0.1, 0.15) is 23.2 Å². The summed E-state index contributed by atoms with van der Waals surface area (Å²) in [5.74, 6) is 2.09. The first-order valence-electron chi connectivity index (χ1n) is 11.4. The molecule has 1 saturated heterocycles. The molecule has 33 heavy (non-hydrogen) atoms. The van der Waals surface area contributed by atoms with E-state index in [0.717, 1.165) is 43.3 Å². The number of hydrogen-bond donors (Lipinski definition) is 2. The molecule has 7 heteroatoms. The molecular formula is C26H34IN5O. The second kappa shape index (κ2) is 12.7. The van der Waals surface area contributed by atoms with E-state index in [1.54, 1.807) is 13.3 Å². The number of nitrogens with zero attached hydrogens (tertiary/aromatic N) is 3. The number of likely N-dealkylation sites (tertiary alicyclic amines) is 1. The molecule has 0 saturated carbocycles. The predicted octanol–water partition coefficient (Wildman–Crippen LogP) is 4.50. The maximum atomic E-state index is 5.65.